The van der Waals surface area contributed by atoms with Crippen LogP contribution in [-0.2, 0) is 0 Å². The quantitative estimate of drug-likeness (QED) is 0.633. The fourth-order valence-corrected chi connectivity index (χ4v) is 3.33. The van der Waals surface area contributed by atoms with Crippen molar-refractivity contribution in [2.45, 2.75) is 51.0 Å². The number of rotatable bonds is 1. The van der Waals surface area contributed by atoms with Gasteiger partial charge in [0.05, 0.1) is 0 Å². The van der Waals surface area contributed by atoms with Gasteiger partial charge in [-0.1, -0.05) is 19.3 Å². The van der Waals surface area contributed by atoms with Crippen molar-refractivity contribution in [1.29, 1.82) is 0 Å². The van der Waals surface area contributed by atoms with Crippen LogP contribution in [-0.4, -0.2) is 12.6 Å². The summed E-state index contributed by atoms with van der Waals surface area (Å²) in [6, 6.07) is 0. The number of fused-ring (bicyclic) bond motifs is 2. The van der Waals surface area contributed by atoms with Crippen LogP contribution in [0.1, 0.15) is 45.4 Å². The Labute approximate surface area is 75.9 Å². The van der Waals surface area contributed by atoms with Crippen molar-refractivity contribution in [2.24, 2.45) is 11.8 Å². The molecular weight excluding hydrogens is 146 g/mol. The molecule has 0 spiro atoms. The fraction of sp³-hybridized carbons (Fsp3) is 1.00. The van der Waals surface area contributed by atoms with Gasteiger partial charge in [0.25, 0.3) is 0 Å². The molecule has 2 rings (SSSR count). The van der Waals surface area contributed by atoms with E-state index in [1.807, 2.05) is 0 Å². The summed E-state index contributed by atoms with van der Waals surface area (Å²) in [5.41, 5.74) is 0.466. The van der Waals surface area contributed by atoms with Crippen molar-refractivity contribution in [1.82, 2.24) is 5.32 Å². The van der Waals surface area contributed by atoms with E-state index < -0.39 is 0 Å². The number of hydrogen-bond acceptors (Lipinski definition) is 1. The molecule has 2 aliphatic carbocycles. The molecule has 0 radical (unpaired) electrons. The molecule has 0 aromatic carbocycles. The van der Waals surface area contributed by atoms with Crippen molar-refractivity contribution in [2.75, 3.05) is 7.05 Å². The van der Waals surface area contributed by atoms with E-state index in [9.17, 15) is 0 Å². The van der Waals surface area contributed by atoms with E-state index in [0.717, 1.165) is 11.8 Å². The van der Waals surface area contributed by atoms with E-state index in [4.69, 9.17) is 0 Å². The standard InChI is InChI=1S/C11H21N/c1-11(12-2)7-9-4-3-5-10(6-9)8-11/h9-10,12H,3-8H2,1-2H3. The molecule has 0 aromatic heterocycles. The summed E-state index contributed by atoms with van der Waals surface area (Å²) in [5.74, 6) is 2.07. The first-order chi connectivity index (χ1) is 5.72. The monoisotopic (exact) mass is 167 g/mol. The zero-order valence-electron chi connectivity index (χ0n) is 8.40. The second-order valence-electron chi connectivity index (χ2n) is 5.12. The topological polar surface area (TPSA) is 12.0 Å². The maximum absolute atomic E-state index is 3.51. The van der Waals surface area contributed by atoms with Crippen LogP contribution in [0.15, 0.2) is 0 Å². The maximum atomic E-state index is 3.51. The van der Waals surface area contributed by atoms with E-state index in [1.165, 1.54) is 38.5 Å². The van der Waals surface area contributed by atoms with Gasteiger partial charge in [-0.2, -0.15) is 0 Å². The van der Waals surface area contributed by atoms with E-state index in [-0.39, 0.29) is 0 Å². The molecule has 2 saturated carbocycles. The van der Waals surface area contributed by atoms with Gasteiger partial charge >= 0.3 is 0 Å². The lowest BCUT2D eigenvalue weighted by molar-refractivity contribution is 0.105. The first kappa shape index (κ1) is 8.55. The predicted molar refractivity (Wildman–Crippen MR) is 52.1 cm³/mol. The third-order valence-electron chi connectivity index (χ3n) is 3.97. The van der Waals surface area contributed by atoms with Gasteiger partial charge < -0.3 is 5.32 Å². The fourth-order valence-electron chi connectivity index (χ4n) is 3.33. The highest BCUT2D eigenvalue weighted by atomic mass is 14.9. The lowest BCUT2D eigenvalue weighted by Gasteiger charge is -2.45. The van der Waals surface area contributed by atoms with Crippen LogP contribution in [0.5, 0.6) is 0 Å². The second kappa shape index (κ2) is 3.02. The Morgan fingerprint density at radius 2 is 1.75 bits per heavy atom. The summed E-state index contributed by atoms with van der Waals surface area (Å²) >= 11 is 0. The van der Waals surface area contributed by atoms with Crippen molar-refractivity contribution < 1.29 is 0 Å². The highest BCUT2D eigenvalue weighted by molar-refractivity contribution is 4.94. The van der Waals surface area contributed by atoms with Crippen molar-refractivity contribution in [3.8, 4) is 0 Å². The largest absolute Gasteiger partial charge is 0.315 e. The van der Waals surface area contributed by atoms with Gasteiger partial charge in [0.1, 0.15) is 0 Å². The van der Waals surface area contributed by atoms with Gasteiger partial charge in [-0.15, -0.1) is 0 Å². The molecule has 0 aliphatic heterocycles. The Kier molecular flexibility index (Phi) is 2.16. The average Bonchev–Trinajstić information content (AvgIpc) is 2.03. The number of hydrogen-bond donors (Lipinski definition) is 1. The third kappa shape index (κ3) is 1.52. The maximum Gasteiger partial charge on any atom is 0.0155 e. The van der Waals surface area contributed by atoms with Crippen LogP contribution in [0, 0.1) is 11.8 Å². The predicted octanol–water partition coefficient (Wildman–Crippen LogP) is 2.56. The van der Waals surface area contributed by atoms with Gasteiger partial charge in [0.15, 0.2) is 0 Å². The van der Waals surface area contributed by atoms with Crippen LogP contribution in [0.3, 0.4) is 0 Å². The molecule has 0 heterocycles. The number of nitrogens with one attached hydrogen (secondary N) is 1. The molecule has 2 fully saturated rings. The lowest BCUT2D eigenvalue weighted by atomic mass is 9.65. The van der Waals surface area contributed by atoms with Crippen LogP contribution in [0.4, 0.5) is 0 Å². The summed E-state index contributed by atoms with van der Waals surface area (Å²) in [6.45, 7) is 2.40. The Balaban J connectivity index is 2.05. The summed E-state index contributed by atoms with van der Waals surface area (Å²) in [5, 5.41) is 3.51. The van der Waals surface area contributed by atoms with Crippen LogP contribution in [0.25, 0.3) is 0 Å². The van der Waals surface area contributed by atoms with E-state index >= 15 is 0 Å². The highest BCUT2D eigenvalue weighted by Gasteiger charge is 2.37. The van der Waals surface area contributed by atoms with Gasteiger partial charge in [0.2, 0.25) is 0 Å². The average molecular weight is 167 g/mol. The Bertz CT molecular complexity index is 152. The molecule has 2 aliphatic rings. The second-order valence-corrected chi connectivity index (χ2v) is 5.12. The summed E-state index contributed by atoms with van der Waals surface area (Å²) < 4.78 is 0. The molecule has 1 nitrogen and oxygen atoms in total. The Morgan fingerprint density at radius 3 is 2.25 bits per heavy atom. The van der Waals surface area contributed by atoms with Crippen LogP contribution >= 0.6 is 0 Å². The molecule has 2 unspecified atom stereocenters. The minimum atomic E-state index is 0.466. The van der Waals surface area contributed by atoms with Crippen molar-refractivity contribution >= 4 is 0 Å². The smallest absolute Gasteiger partial charge is 0.0155 e. The summed E-state index contributed by atoms with van der Waals surface area (Å²) in [4.78, 5) is 0. The molecule has 70 valence electrons. The zero-order valence-corrected chi connectivity index (χ0v) is 8.40. The molecule has 0 amide bonds. The molecule has 0 saturated heterocycles. The van der Waals surface area contributed by atoms with Gasteiger partial charge in [-0.05, 0) is 45.1 Å². The lowest BCUT2D eigenvalue weighted by Crippen LogP contribution is -2.47. The van der Waals surface area contributed by atoms with E-state index in [0.29, 0.717) is 5.54 Å². The molecule has 1 heteroatoms. The van der Waals surface area contributed by atoms with Gasteiger partial charge in [-0.25, -0.2) is 0 Å². The molecule has 12 heavy (non-hydrogen) atoms. The first-order valence-corrected chi connectivity index (χ1v) is 5.41. The normalized spacial score (nSPS) is 47.5. The molecule has 1 N–H and O–H groups in total. The zero-order chi connectivity index (χ0) is 8.60. The minimum absolute atomic E-state index is 0.466. The Hall–Kier alpha value is -0.0400. The van der Waals surface area contributed by atoms with Crippen LogP contribution < -0.4 is 5.32 Å². The SMILES string of the molecule is CNC1(C)CC2CCCC(C2)C1. The van der Waals surface area contributed by atoms with E-state index in [2.05, 4.69) is 19.3 Å². The van der Waals surface area contributed by atoms with Crippen LogP contribution in [0.2, 0.25) is 0 Å². The first-order valence-electron chi connectivity index (χ1n) is 5.41. The molecule has 2 atom stereocenters. The highest BCUT2D eigenvalue weighted by Crippen LogP contribution is 2.43. The van der Waals surface area contributed by atoms with Gasteiger partial charge in [-0.3, -0.25) is 0 Å². The van der Waals surface area contributed by atoms with Gasteiger partial charge in [0, 0.05) is 5.54 Å². The molecule has 2 bridgehead atoms. The summed E-state index contributed by atoms with van der Waals surface area (Å²) in [7, 11) is 2.13. The molecular formula is C11H21N. The Morgan fingerprint density at radius 1 is 1.17 bits per heavy atom. The third-order valence-corrected chi connectivity index (χ3v) is 3.97. The van der Waals surface area contributed by atoms with Crippen molar-refractivity contribution in [3.05, 3.63) is 0 Å². The molecule has 0 aromatic rings. The van der Waals surface area contributed by atoms with Crippen molar-refractivity contribution in [3.63, 3.8) is 0 Å². The van der Waals surface area contributed by atoms with E-state index in [1.54, 1.807) is 0 Å². The minimum Gasteiger partial charge on any atom is -0.315 e. The summed E-state index contributed by atoms with van der Waals surface area (Å²) in [6.07, 6.45) is 8.84.